The van der Waals surface area contributed by atoms with Gasteiger partial charge in [0.05, 0.1) is 6.54 Å². The number of nitrogens with zero attached hydrogens (tertiary/aromatic N) is 2. The SMILES string of the molecule is O=C(Nc1nn(Cc2ccc(Cl)cc2)cc1Cl)c1ccc(COc2ccc(Cl)cc2)cc1. The number of aromatic nitrogens is 2. The maximum Gasteiger partial charge on any atom is 0.256 e. The molecule has 0 aliphatic heterocycles. The number of rotatable bonds is 7. The molecule has 162 valence electrons. The number of benzene rings is 3. The van der Waals surface area contributed by atoms with Gasteiger partial charge in [0.1, 0.15) is 17.4 Å². The van der Waals surface area contributed by atoms with E-state index < -0.39 is 0 Å². The third-order valence-electron chi connectivity index (χ3n) is 4.64. The zero-order chi connectivity index (χ0) is 22.5. The molecule has 1 amide bonds. The summed E-state index contributed by atoms with van der Waals surface area (Å²) in [4.78, 5) is 12.6. The molecule has 0 spiro atoms. The maximum atomic E-state index is 12.6. The van der Waals surface area contributed by atoms with E-state index in [-0.39, 0.29) is 5.91 Å². The van der Waals surface area contributed by atoms with Crippen molar-refractivity contribution in [1.82, 2.24) is 9.78 Å². The maximum absolute atomic E-state index is 12.6. The van der Waals surface area contributed by atoms with Crippen LogP contribution in [0.4, 0.5) is 5.82 Å². The van der Waals surface area contributed by atoms with Gasteiger partial charge in [-0.05, 0) is 59.7 Å². The fourth-order valence-corrected chi connectivity index (χ4v) is 3.42. The minimum Gasteiger partial charge on any atom is -0.489 e. The number of ether oxygens (including phenoxy) is 1. The molecule has 0 radical (unpaired) electrons. The monoisotopic (exact) mass is 485 g/mol. The Kier molecular flexibility index (Phi) is 7.00. The van der Waals surface area contributed by atoms with Crippen molar-refractivity contribution in [2.24, 2.45) is 0 Å². The Morgan fingerprint density at radius 1 is 0.844 bits per heavy atom. The van der Waals surface area contributed by atoms with Gasteiger partial charge in [-0.1, -0.05) is 59.1 Å². The van der Waals surface area contributed by atoms with Crippen molar-refractivity contribution in [2.45, 2.75) is 13.2 Å². The molecule has 4 aromatic rings. The van der Waals surface area contributed by atoms with E-state index >= 15 is 0 Å². The molecule has 0 aliphatic rings. The Labute approximate surface area is 200 Å². The van der Waals surface area contributed by atoms with Crippen LogP contribution in [0, 0.1) is 0 Å². The number of carbonyl (C=O) groups is 1. The van der Waals surface area contributed by atoms with Crippen molar-refractivity contribution in [3.05, 3.63) is 111 Å². The average molecular weight is 487 g/mol. The quantitative estimate of drug-likeness (QED) is 0.315. The summed E-state index contributed by atoms with van der Waals surface area (Å²) >= 11 is 18.1. The molecule has 32 heavy (non-hydrogen) atoms. The predicted molar refractivity (Wildman–Crippen MR) is 128 cm³/mol. The van der Waals surface area contributed by atoms with E-state index in [4.69, 9.17) is 39.5 Å². The molecular weight excluding hydrogens is 469 g/mol. The van der Waals surface area contributed by atoms with Crippen molar-refractivity contribution < 1.29 is 9.53 Å². The summed E-state index contributed by atoms with van der Waals surface area (Å²) in [6.07, 6.45) is 1.67. The van der Waals surface area contributed by atoms with Crippen molar-refractivity contribution >= 4 is 46.5 Å². The lowest BCUT2D eigenvalue weighted by Crippen LogP contribution is -2.13. The predicted octanol–water partition coefficient (Wildman–Crippen LogP) is 6.72. The fourth-order valence-electron chi connectivity index (χ4n) is 2.97. The first-order chi connectivity index (χ1) is 15.5. The highest BCUT2D eigenvalue weighted by Gasteiger charge is 2.13. The summed E-state index contributed by atoms with van der Waals surface area (Å²) in [6, 6.07) is 21.7. The number of carbonyl (C=O) groups excluding carboxylic acids is 1. The van der Waals surface area contributed by atoms with Crippen LogP contribution >= 0.6 is 34.8 Å². The Morgan fingerprint density at radius 3 is 2.09 bits per heavy atom. The summed E-state index contributed by atoms with van der Waals surface area (Å²) in [5, 5.41) is 8.81. The molecule has 1 aromatic heterocycles. The molecule has 1 heterocycles. The van der Waals surface area contributed by atoms with Crippen LogP contribution in [0.15, 0.2) is 79.0 Å². The lowest BCUT2D eigenvalue weighted by atomic mass is 10.1. The van der Waals surface area contributed by atoms with E-state index in [0.29, 0.717) is 39.6 Å². The van der Waals surface area contributed by atoms with Crippen LogP contribution in [0.2, 0.25) is 15.1 Å². The van der Waals surface area contributed by atoms with Crippen LogP contribution in [0.25, 0.3) is 0 Å². The largest absolute Gasteiger partial charge is 0.489 e. The van der Waals surface area contributed by atoms with Gasteiger partial charge in [-0.3, -0.25) is 9.48 Å². The van der Waals surface area contributed by atoms with Gasteiger partial charge < -0.3 is 10.1 Å². The highest BCUT2D eigenvalue weighted by molar-refractivity contribution is 6.33. The molecule has 0 saturated carbocycles. The van der Waals surface area contributed by atoms with Gasteiger partial charge in [0, 0.05) is 21.8 Å². The Hall–Kier alpha value is -2.99. The molecule has 8 heteroatoms. The molecule has 0 saturated heterocycles. The van der Waals surface area contributed by atoms with E-state index in [1.165, 1.54) is 0 Å². The number of hydrogen-bond acceptors (Lipinski definition) is 3. The van der Waals surface area contributed by atoms with Gasteiger partial charge in [0.25, 0.3) is 5.91 Å². The number of nitrogens with one attached hydrogen (secondary N) is 1. The molecule has 0 bridgehead atoms. The molecule has 0 atom stereocenters. The van der Waals surface area contributed by atoms with E-state index in [9.17, 15) is 4.79 Å². The van der Waals surface area contributed by atoms with Crippen LogP contribution in [-0.2, 0) is 13.2 Å². The smallest absolute Gasteiger partial charge is 0.256 e. The normalized spacial score (nSPS) is 10.7. The minimum atomic E-state index is -0.297. The topological polar surface area (TPSA) is 56.2 Å². The highest BCUT2D eigenvalue weighted by Crippen LogP contribution is 2.22. The van der Waals surface area contributed by atoms with Crippen LogP contribution in [0.3, 0.4) is 0 Å². The zero-order valence-electron chi connectivity index (χ0n) is 16.8. The van der Waals surface area contributed by atoms with Crippen molar-refractivity contribution in [3.63, 3.8) is 0 Å². The van der Waals surface area contributed by atoms with E-state index in [2.05, 4.69) is 10.4 Å². The third-order valence-corrected chi connectivity index (χ3v) is 5.42. The third kappa shape index (κ3) is 5.82. The first kappa shape index (κ1) is 22.2. The second kappa shape index (κ2) is 10.1. The fraction of sp³-hybridized carbons (Fsp3) is 0.0833. The molecule has 1 N–H and O–H groups in total. The number of amides is 1. The minimum absolute atomic E-state index is 0.297. The molecule has 3 aromatic carbocycles. The molecule has 0 unspecified atom stereocenters. The molecule has 0 fully saturated rings. The zero-order valence-corrected chi connectivity index (χ0v) is 19.0. The summed E-state index contributed by atoms with van der Waals surface area (Å²) in [5.74, 6) is 0.731. The summed E-state index contributed by atoms with van der Waals surface area (Å²) in [7, 11) is 0. The summed E-state index contributed by atoms with van der Waals surface area (Å²) in [5.41, 5.74) is 2.44. The van der Waals surface area contributed by atoms with Gasteiger partial charge >= 0.3 is 0 Å². The van der Waals surface area contributed by atoms with E-state index in [1.54, 1.807) is 47.3 Å². The second-order valence-corrected chi connectivity index (χ2v) is 8.32. The second-order valence-electron chi connectivity index (χ2n) is 7.04. The lowest BCUT2D eigenvalue weighted by molar-refractivity contribution is 0.102. The number of hydrogen-bond donors (Lipinski definition) is 1. The van der Waals surface area contributed by atoms with Crippen LogP contribution in [-0.4, -0.2) is 15.7 Å². The molecule has 5 nitrogen and oxygen atoms in total. The Balaban J connectivity index is 1.35. The summed E-state index contributed by atoms with van der Waals surface area (Å²) < 4.78 is 7.39. The van der Waals surface area contributed by atoms with Crippen molar-refractivity contribution in [1.29, 1.82) is 0 Å². The number of halogens is 3. The molecule has 4 rings (SSSR count). The van der Waals surface area contributed by atoms with Crippen LogP contribution in [0.1, 0.15) is 21.5 Å². The lowest BCUT2D eigenvalue weighted by Gasteiger charge is -2.07. The van der Waals surface area contributed by atoms with Gasteiger partial charge in [-0.15, -0.1) is 0 Å². The first-order valence-electron chi connectivity index (χ1n) is 9.72. The van der Waals surface area contributed by atoms with Gasteiger partial charge in [-0.2, -0.15) is 5.10 Å². The van der Waals surface area contributed by atoms with Gasteiger partial charge in [0.2, 0.25) is 0 Å². The van der Waals surface area contributed by atoms with Crippen LogP contribution in [0.5, 0.6) is 5.75 Å². The highest BCUT2D eigenvalue weighted by atomic mass is 35.5. The molecule has 0 aliphatic carbocycles. The van der Waals surface area contributed by atoms with Gasteiger partial charge in [0.15, 0.2) is 5.82 Å². The van der Waals surface area contributed by atoms with E-state index in [0.717, 1.165) is 16.9 Å². The summed E-state index contributed by atoms with van der Waals surface area (Å²) in [6.45, 7) is 0.888. The number of anilines is 1. The standard InChI is InChI=1S/C24H18Cl3N3O2/c25-19-7-3-16(4-8-19)13-30-14-22(27)23(29-30)28-24(31)18-5-1-17(2-6-18)15-32-21-11-9-20(26)10-12-21/h1-12,14H,13,15H2,(H,28,29,31). The van der Waals surface area contributed by atoms with Gasteiger partial charge in [-0.25, -0.2) is 0 Å². The first-order valence-corrected chi connectivity index (χ1v) is 10.9. The van der Waals surface area contributed by atoms with Crippen LogP contribution < -0.4 is 10.1 Å². The van der Waals surface area contributed by atoms with E-state index in [1.807, 2.05) is 36.4 Å². The van der Waals surface area contributed by atoms with Crippen molar-refractivity contribution in [3.8, 4) is 5.75 Å². The van der Waals surface area contributed by atoms with Crippen molar-refractivity contribution in [2.75, 3.05) is 5.32 Å². The molecular formula is C24H18Cl3N3O2. The Bertz CT molecular complexity index is 1200. The Morgan fingerprint density at radius 2 is 1.44 bits per heavy atom. The average Bonchev–Trinajstić information content (AvgIpc) is 3.13.